The van der Waals surface area contributed by atoms with Gasteiger partial charge in [0.2, 0.25) is 0 Å². The lowest BCUT2D eigenvalue weighted by molar-refractivity contribution is -0.190. The van der Waals surface area contributed by atoms with Crippen molar-refractivity contribution in [2.24, 2.45) is 28.2 Å². The highest BCUT2D eigenvalue weighted by Crippen LogP contribution is 2.53. The summed E-state index contributed by atoms with van der Waals surface area (Å²) in [4.78, 5) is 19.1. The number of hydrogen-bond acceptors (Lipinski definition) is 14. The summed E-state index contributed by atoms with van der Waals surface area (Å²) in [6.07, 6.45) is 6.63. The topological polar surface area (TPSA) is 228 Å². The van der Waals surface area contributed by atoms with Crippen molar-refractivity contribution >= 4 is 11.7 Å². The lowest BCUT2D eigenvalue weighted by Gasteiger charge is -2.50. The lowest BCUT2D eigenvalue weighted by atomic mass is 9.55. The number of rotatable bonds is 0. The maximum atomic E-state index is 13.8. The third-order valence-corrected chi connectivity index (χ3v) is 16.8. The molecule has 1 aliphatic carbocycles. The van der Waals surface area contributed by atoms with Crippen LogP contribution < -0.4 is 0 Å². The average molecular weight is 980 g/mol. The number of esters is 1. The first kappa shape index (κ1) is 54.9. The summed E-state index contributed by atoms with van der Waals surface area (Å²) in [5.41, 5.74) is 5.66. The highest BCUT2D eigenvalue weighted by atomic mass is 16.6. The predicted octanol–water partition coefficient (Wildman–Crippen LogP) is 5.97. The van der Waals surface area contributed by atoms with Crippen LogP contribution in [0, 0.1) is 23.2 Å². The molecule has 70 heavy (non-hydrogen) atoms. The minimum atomic E-state index is -1.20. The van der Waals surface area contributed by atoms with Crippen LogP contribution in [0.4, 0.5) is 0 Å². The van der Waals surface area contributed by atoms with E-state index in [2.05, 4.69) is 45.6 Å². The van der Waals surface area contributed by atoms with Crippen molar-refractivity contribution in [3.63, 3.8) is 0 Å². The Labute approximate surface area is 415 Å². The molecule has 0 aromatic heterocycles. The first-order valence-electron chi connectivity index (χ1n) is 26.5. The van der Waals surface area contributed by atoms with Gasteiger partial charge in [0.05, 0.1) is 67.5 Å². The van der Waals surface area contributed by atoms with Gasteiger partial charge in [-0.3, -0.25) is 9.79 Å². The van der Waals surface area contributed by atoms with E-state index in [9.17, 15) is 45.6 Å². The minimum Gasteiger partial charge on any atom is -0.458 e. The van der Waals surface area contributed by atoms with Crippen molar-refractivity contribution in [3.8, 4) is 0 Å². The van der Waals surface area contributed by atoms with Crippen LogP contribution in [0.5, 0.6) is 0 Å². The Morgan fingerprint density at radius 1 is 0.714 bits per heavy atom. The van der Waals surface area contributed by atoms with E-state index in [1.807, 2.05) is 13.0 Å². The molecule has 7 aliphatic rings. The van der Waals surface area contributed by atoms with Crippen LogP contribution in [-0.4, -0.2) is 151 Å². The number of aliphatic hydroxyl groups is 8. The molecule has 14 heteroatoms. The van der Waals surface area contributed by atoms with E-state index >= 15 is 0 Å². The van der Waals surface area contributed by atoms with Gasteiger partial charge in [-0.15, -0.1) is 0 Å². The molecule has 6 aliphatic heterocycles. The van der Waals surface area contributed by atoms with E-state index in [-0.39, 0.29) is 61.9 Å². The van der Waals surface area contributed by atoms with Crippen LogP contribution in [0.1, 0.15) is 144 Å². The Morgan fingerprint density at radius 3 is 2.20 bits per heavy atom. The standard InChI is InChI=1S/C56H85NO13/c1-31-9-8-12-50-56(6)37(19-20-57-50)24-36-25-40-27-43(59)53(65)47(67-40)11-7-10-32(2)22-45(61)55-46(62)28-41(69-55)29-51(63)68-39(21-33(3)13-15-34(4)42(56)26-36)23-35(5)52(64)49-30-44(60)54(66)48(70-49)18-17-38(58)16-14-31/h9,14-16,23,26,33,37-49,52-55,58-62,64-66H,2,7-8,10-13,17-22,24-25,27-30H2,1,3-6H3/b16-14?,31-9?,34-15-,35-23-/t33?,37?,38?,39?,40?,41-,42?,43?,44?,45+,46-,47?,48?,49?,52?,53?,54?,55+,56?/m1/s1. The zero-order valence-corrected chi connectivity index (χ0v) is 42.4. The normalized spacial score (nSPS) is 45.2. The molecular weight excluding hydrogens is 895 g/mol. The van der Waals surface area contributed by atoms with Gasteiger partial charge in [-0.1, -0.05) is 73.1 Å². The fourth-order valence-corrected chi connectivity index (χ4v) is 12.6. The number of carbonyl (C=O) groups excluding carboxylic acids is 1. The van der Waals surface area contributed by atoms with Gasteiger partial charge in [0.1, 0.15) is 30.5 Å². The number of carbonyl (C=O) groups is 1. The van der Waals surface area contributed by atoms with Crippen molar-refractivity contribution in [1.29, 1.82) is 0 Å². The summed E-state index contributed by atoms with van der Waals surface area (Å²) in [5, 5.41) is 89.2. The van der Waals surface area contributed by atoms with Gasteiger partial charge in [-0.05, 0) is 128 Å². The summed E-state index contributed by atoms with van der Waals surface area (Å²) < 4.78 is 25.2. The molecule has 0 spiro atoms. The summed E-state index contributed by atoms with van der Waals surface area (Å²) in [6, 6.07) is 0. The maximum Gasteiger partial charge on any atom is 0.309 e. The van der Waals surface area contributed by atoms with Crippen molar-refractivity contribution in [2.75, 3.05) is 6.54 Å². The zero-order valence-electron chi connectivity index (χ0n) is 42.4. The van der Waals surface area contributed by atoms with E-state index in [4.69, 9.17) is 23.9 Å². The quantitative estimate of drug-likeness (QED) is 0.104. The second-order valence-electron chi connectivity index (χ2n) is 22.4. The van der Waals surface area contributed by atoms with Gasteiger partial charge in [0.25, 0.3) is 0 Å². The molecule has 8 N–H and O–H groups in total. The molecule has 6 heterocycles. The number of ether oxygens (including phenoxy) is 4. The summed E-state index contributed by atoms with van der Waals surface area (Å²) in [5.74, 6) is -0.212. The number of nitrogens with zero attached hydrogens (tertiary/aromatic N) is 1. The highest BCUT2D eigenvalue weighted by molar-refractivity contribution is 5.92. The van der Waals surface area contributed by atoms with Crippen molar-refractivity contribution in [3.05, 3.63) is 70.9 Å². The molecule has 392 valence electrons. The van der Waals surface area contributed by atoms with Gasteiger partial charge in [0.15, 0.2) is 0 Å². The van der Waals surface area contributed by atoms with Gasteiger partial charge in [0, 0.05) is 42.9 Å². The number of allylic oxidation sites excluding steroid dienone is 6. The lowest BCUT2D eigenvalue weighted by Crippen LogP contribution is -2.51. The fraction of sp³-hybridized carbons (Fsp3) is 0.750. The van der Waals surface area contributed by atoms with Crippen LogP contribution in [0.25, 0.3) is 0 Å². The largest absolute Gasteiger partial charge is 0.458 e. The van der Waals surface area contributed by atoms with Gasteiger partial charge in [-0.2, -0.15) is 0 Å². The van der Waals surface area contributed by atoms with Crippen LogP contribution >= 0.6 is 0 Å². The number of aliphatic imine (C=N–C) groups is 1. The molecular formula is C56H85NO13. The molecule has 0 radical (unpaired) electrons. The second-order valence-corrected chi connectivity index (χ2v) is 22.4. The summed E-state index contributed by atoms with van der Waals surface area (Å²) >= 11 is 0. The molecule has 3 saturated heterocycles. The third-order valence-electron chi connectivity index (χ3n) is 16.8. The SMILES string of the molecule is C=C1CCCC2OC(CC3=CC4/C(C)=C\CC(C)CC(/C=C(/C)C(O)C5CC(O)C(O)C(CCC(O)C=CC(C)=CCCC6=NCCC(C3)C64C)O5)OC(=O)C[C@H]3C[C@@H](O)[C@@H](O3)[C@@H](O)C1)CC(O)C2O. The van der Waals surface area contributed by atoms with E-state index in [1.165, 1.54) is 16.9 Å². The predicted molar refractivity (Wildman–Crippen MR) is 267 cm³/mol. The van der Waals surface area contributed by atoms with Gasteiger partial charge in [-0.25, -0.2) is 0 Å². The van der Waals surface area contributed by atoms with Crippen LogP contribution in [0.2, 0.25) is 0 Å². The Kier molecular flexibility index (Phi) is 19.2. The smallest absolute Gasteiger partial charge is 0.309 e. The Balaban J connectivity index is 1.24. The molecule has 7 rings (SSSR count). The Morgan fingerprint density at radius 2 is 1.43 bits per heavy atom. The summed E-state index contributed by atoms with van der Waals surface area (Å²) in [7, 11) is 0. The molecule has 14 nitrogen and oxygen atoms in total. The first-order chi connectivity index (χ1) is 33.3. The van der Waals surface area contributed by atoms with Crippen molar-refractivity contribution in [2.45, 2.75) is 235 Å². The summed E-state index contributed by atoms with van der Waals surface area (Å²) in [6.45, 7) is 15.4. The van der Waals surface area contributed by atoms with E-state index in [0.717, 1.165) is 43.4 Å². The van der Waals surface area contributed by atoms with E-state index in [1.54, 1.807) is 19.1 Å². The van der Waals surface area contributed by atoms with E-state index < -0.39 is 91.4 Å². The van der Waals surface area contributed by atoms with Crippen LogP contribution in [-0.2, 0) is 23.7 Å². The Bertz CT molecular complexity index is 1990. The maximum absolute atomic E-state index is 13.8. The molecule has 9 bridgehead atoms. The number of fused-ring (bicyclic) bond motifs is 10. The Hall–Kier alpha value is -2.86. The number of hydrogen-bond donors (Lipinski definition) is 8. The first-order valence-corrected chi connectivity index (χ1v) is 26.5. The molecule has 0 saturated carbocycles. The van der Waals surface area contributed by atoms with Crippen LogP contribution in [0.15, 0.2) is 75.9 Å². The molecule has 15 unspecified atom stereocenters. The fourth-order valence-electron chi connectivity index (χ4n) is 12.6. The average Bonchev–Trinajstić information content (AvgIpc) is 3.67. The minimum absolute atomic E-state index is 0.00152. The monoisotopic (exact) mass is 980 g/mol. The third kappa shape index (κ3) is 13.6. The van der Waals surface area contributed by atoms with E-state index in [0.29, 0.717) is 56.4 Å². The van der Waals surface area contributed by atoms with Gasteiger partial charge >= 0.3 is 5.97 Å². The molecule has 0 amide bonds. The molecule has 3 fully saturated rings. The van der Waals surface area contributed by atoms with Crippen molar-refractivity contribution < 1.29 is 64.6 Å². The molecule has 19 atom stereocenters. The number of aliphatic hydroxyl groups excluding tert-OH is 8. The molecule has 0 aromatic rings. The zero-order chi connectivity index (χ0) is 50.4. The van der Waals surface area contributed by atoms with Crippen molar-refractivity contribution in [1.82, 2.24) is 0 Å². The van der Waals surface area contributed by atoms with Gasteiger partial charge < -0.3 is 59.8 Å². The second kappa shape index (κ2) is 24.4. The molecule has 0 aromatic carbocycles. The highest BCUT2D eigenvalue weighted by Gasteiger charge is 2.49. The van der Waals surface area contributed by atoms with Crippen LogP contribution in [0.3, 0.4) is 0 Å².